The number of aliphatic carboxylic acids is 1. The summed E-state index contributed by atoms with van der Waals surface area (Å²) in [5.74, 6) is -0.790. The molecule has 0 spiro atoms. The standard InChI is InChI=1S/C14H8Cl5NO3/c1-23-7-2-5(3-8(21)22)6(4-20-7)9-10(15)12(17)14(19)13(18)11(9)16/h2,4H,3H2,1H3,(H,21,22). The van der Waals surface area contributed by atoms with Crippen molar-refractivity contribution in [2.75, 3.05) is 7.11 Å². The summed E-state index contributed by atoms with van der Waals surface area (Å²) in [5.41, 5.74) is 1.03. The Hall–Kier alpha value is -0.910. The predicted molar refractivity (Wildman–Crippen MR) is 92.6 cm³/mol. The molecule has 0 aliphatic heterocycles. The molecule has 1 heterocycles. The Balaban J connectivity index is 2.79. The van der Waals surface area contributed by atoms with E-state index in [0.29, 0.717) is 11.1 Å². The first-order valence-corrected chi connectivity index (χ1v) is 7.93. The highest BCUT2D eigenvalue weighted by Gasteiger charge is 2.23. The van der Waals surface area contributed by atoms with Crippen molar-refractivity contribution in [1.82, 2.24) is 4.98 Å². The van der Waals surface area contributed by atoms with Gasteiger partial charge in [0.05, 0.1) is 38.6 Å². The Morgan fingerprint density at radius 1 is 1.09 bits per heavy atom. The molecule has 0 atom stereocenters. The van der Waals surface area contributed by atoms with Gasteiger partial charge in [-0.1, -0.05) is 58.0 Å². The molecule has 4 nitrogen and oxygen atoms in total. The number of nitrogens with zero attached hydrogens (tertiary/aromatic N) is 1. The number of carboxylic acid groups (broad SMARTS) is 1. The Labute approximate surface area is 156 Å². The highest BCUT2D eigenvalue weighted by Crippen LogP contribution is 2.48. The summed E-state index contributed by atoms with van der Waals surface area (Å²) in [4.78, 5) is 15.2. The maximum absolute atomic E-state index is 11.1. The molecule has 0 saturated heterocycles. The second-order valence-electron chi connectivity index (χ2n) is 4.40. The molecule has 9 heteroatoms. The number of aromatic nitrogens is 1. The van der Waals surface area contributed by atoms with Crippen molar-refractivity contribution in [2.24, 2.45) is 0 Å². The molecule has 1 aromatic carbocycles. The van der Waals surface area contributed by atoms with Gasteiger partial charge in [-0.2, -0.15) is 0 Å². The van der Waals surface area contributed by atoms with Gasteiger partial charge >= 0.3 is 5.97 Å². The summed E-state index contributed by atoms with van der Waals surface area (Å²) in [6.45, 7) is 0. The van der Waals surface area contributed by atoms with Gasteiger partial charge in [-0.25, -0.2) is 4.98 Å². The quantitative estimate of drug-likeness (QED) is 0.518. The average molecular weight is 415 g/mol. The van der Waals surface area contributed by atoms with Gasteiger partial charge in [0.25, 0.3) is 0 Å². The minimum Gasteiger partial charge on any atom is -0.481 e. The number of carbonyl (C=O) groups is 1. The molecule has 0 amide bonds. The molecule has 2 rings (SSSR count). The van der Waals surface area contributed by atoms with Crippen molar-refractivity contribution < 1.29 is 14.6 Å². The molecule has 1 N–H and O–H groups in total. The van der Waals surface area contributed by atoms with Crippen LogP contribution in [-0.2, 0) is 11.2 Å². The number of hydrogen-bond acceptors (Lipinski definition) is 3. The maximum Gasteiger partial charge on any atom is 0.307 e. The van der Waals surface area contributed by atoms with Crippen molar-refractivity contribution in [3.8, 4) is 17.0 Å². The number of benzene rings is 1. The van der Waals surface area contributed by atoms with Gasteiger partial charge in [0.15, 0.2) is 0 Å². The summed E-state index contributed by atoms with van der Waals surface area (Å²) in [5, 5.41) is 9.28. The van der Waals surface area contributed by atoms with E-state index < -0.39 is 5.97 Å². The Morgan fingerprint density at radius 3 is 2.09 bits per heavy atom. The van der Waals surface area contributed by atoms with Crippen molar-refractivity contribution in [1.29, 1.82) is 0 Å². The Bertz CT molecular complexity index is 765. The van der Waals surface area contributed by atoms with Gasteiger partial charge in [0.2, 0.25) is 5.88 Å². The third-order valence-corrected chi connectivity index (χ3v) is 5.27. The van der Waals surface area contributed by atoms with Gasteiger partial charge < -0.3 is 9.84 Å². The second-order valence-corrected chi connectivity index (χ2v) is 6.29. The lowest BCUT2D eigenvalue weighted by Gasteiger charge is -2.15. The lowest BCUT2D eigenvalue weighted by molar-refractivity contribution is -0.136. The molecule has 0 fully saturated rings. The van der Waals surface area contributed by atoms with Gasteiger partial charge in [-0.15, -0.1) is 0 Å². The zero-order valence-electron chi connectivity index (χ0n) is 11.5. The van der Waals surface area contributed by atoms with Crippen LogP contribution in [0.3, 0.4) is 0 Å². The number of carboxylic acids is 1. The second kappa shape index (κ2) is 7.32. The fourth-order valence-electron chi connectivity index (χ4n) is 1.96. The first-order valence-electron chi connectivity index (χ1n) is 6.04. The van der Waals surface area contributed by atoms with Gasteiger partial charge in [0.1, 0.15) is 0 Å². The number of methoxy groups -OCH3 is 1. The molecule has 2 aromatic rings. The molecular weight excluding hydrogens is 407 g/mol. The highest BCUT2D eigenvalue weighted by atomic mass is 35.5. The first-order chi connectivity index (χ1) is 10.8. The Kier molecular flexibility index (Phi) is 5.87. The summed E-state index contributed by atoms with van der Waals surface area (Å²) in [7, 11) is 1.42. The van der Waals surface area contributed by atoms with Crippen LogP contribution < -0.4 is 4.74 Å². The van der Waals surface area contributed by atoms with E-state index >= 15 is 0 Å². The molecule has 122 valence electrons. The average Bonchev–Trinajstić information content (AvgIpc) is 2.52. The van der Waals surface area contributed by atoms with Crippen LogP contribution in [0.25, 0.3) is 11.1 Å². The van der Waals surface area contributed by atoms with E-state index in [9.17, 15) is 4.79 Å². The van der Waals surface area contributed by atoms with Crippen molar-refractivity contribution in [3.05, 3.63) is 42.9 Å². The molecular formula is C14H8Cl5NO3. The highest BCUT2D eigenvalue weighted by molar-refractivity contribution is 6.56. The molecule has 0 aliphatic carbocycles. The van der Waals surface area contributed by atoms with E-state index in [4.69, 9.17) is 67.8 Å². The number of ether oxygens (including phenoxy) is 1. The number of halogens is 5. The minimum atomic E-state index is -1.04. The van der Waals surface area contributed by atoms with E-state index in [1.165, 1.54) is 19.4 Å². The molecule has 0 aliphatic rings. The van der Waals surface area contributed by atoms with Crippen LogP contribution in [0, 0.1) is 0 Å². The largest absolute Gasteiger partial charge is 0.481 e. The van der Waals surface area contributed by atoms with Crippen LogP contribution in [0.15, 0.2) is 12.3 Å². The number of hydrogen-bond donors (Lipinski definition) is 1. The fraction of sp³-hybridized carbons (Fsp3) is 0.143. The van der Waals surface area contributed by atoms with Crippen LogP contribution in [0.1, 0.15) is 5.56 Å². The summed E-state index contributed by atoms with van der Waals surface area (Å²) in [6.07, 6.45) is 1.10. The van der Waals surface area contributed by atoms with Crippen LogP contribution in [0.5, 0.6) is 5.88 Å². The van der Waals surface area contributed by atoms with Gasteiger partial charge in [-0.05, 0) is 5.56 Å². The van der Waals surface area contributed by atoms with Crippen LogP contribution in [0.2, 0.25) is 25.1 Å². The van der Waals surface area contributed by atoms with Crippen LogP contribution in [0.4, 0.5) is 0 Å². The Morgan fingerprint density at radius 2 is 1.61 bits per heavy atom. The van der Waals surface area contributed by atoms with E-state index in [1.54, 1.807) is 0 Å². The van der Waals surface area contributed by atoms with E-state index in [2.05, 4.69) is 4.98 Å². The molecule has 0 radical (unpaired) electrons. The van der Waals surface area contributed by atoms with E-state index in [1.807, 2.05) is 0 Å². The number of rotatable bonds is 4. The molecule has 0 saturated carbocycles. The zero-order chi connectivity index (χ0) is 17.3. The predicted octanol–water partition coefficient (Wildman–Crippen LogP) is 5.65. The normalized spacial score (nSPS) is 10.7. The first kappa shape index (κ1) is 18.4. The summed E-state index contributed by atoms with van der Waals surface area (Å²) < 4.78 is 5.01. The van der Waals surface area contributed by atoms with E-state index in [0.717, 1.165) is 0 Å². The van der Waals surface area contributed by atoms with Gasteiger partial charge in [-0.3, -0.25) is 4.79 Å². The van der Waals surface area contributed by atoms with Crippen molar-refractivity contribution in [3.63, 3.8) is 0 Å². The third kappa shape index (κ3) is 3.62. The van der Waals surface area contributed by atoms with E-state index in [-0.39, 0.29) is 43.0 Å². The topological polar surface area (TPSA) is 59.4 Å². The van der Waals surface area contributed by atoms with Gasteiger partial charge in [0, 0.05) is 23.4 Å². The third-order valence-electron chi connectivity index (χ3n) is 2.99. The zero-order valence-corrected chi connectivity index (χ0v) is 15.2. The van der Waals surface area contributed by atoms with Crippen molar-refractivity contribution in [2.45, 2.75) is 6.42 Å². The lowest BCUT2D eigenvalue weighted by Crippen LogP contribution is -2.04. The summed E-state index contributed by atoms with van der Waals surface area (Å²) in [6, 6.07) is 1.48. The SMILES string of the molecule is COc1cc(CC(=O)O)c(-c2c(Cl)c(Cl)c(Cl)c(Cl)c2Cl)cn1. The van der Waals surface area contributed by atoms with Crippen molar-refractivity contribution >= 4 is 64.0 Å². The molecule has 1 aromatic heterocycles. The monoisotopic (exact) mass is 413 g/mol. The minimum absolute atomic E-state index is 0.0216. The molecule has 23 heavy (non-hydrogen) atoms. The summed E-state index contributed by atoms with van der Waals surface area (Å²) >= 11 is 30.5. The van der Waals surface area contributed by atoms with Crippen LogP contribution in [-0.4, -0.2) is 23.2 Å². The molecule has 0 bridgehead atoms. The lowest BCUT2D eigenvalue weighted by atomic mass is 9.99. The van der Waals surface area contributed by atoms with Crippen LogP contribution >= 0.6 is 58.0 Å². The maximum atomic E-state index is 11.1. The fourth-order valence-corrected chi connectivity index (χ4v) is 3.30. The molecule has 0 unspecified atom stereocenters. The smallest absolute Gasteiger partial charge is 0.307 e. The number of pyridine rings is 1.